The van der Waals surface area contributed by atoms with Gasteiger partial charge in [0.2, 0.25) is 0 Å². The van der Waals surface area contributed by atoms with E-state index in [0.29, 0.717) is 4.88 Å². The van der Waals surface area contributed by atoms with Gasteiger partial charge in [0.25, 0.3) is 5.91 Å². The minimum absolute atomic E-state index is 0.119. The van der Waals surface area contributed by atoms with Crippen LogP contribution in [-0.2, 0) is 0 Å². The van der Waals surface area contributed by atoms with Crippen LogP contribution in [0.15, 0.2) is 64.5 Å². The molecule has 0 bridgehead atoms. The van der Waals surface area contributed by atoms with Crippen molar-refractivity contribution in [1.82, 2.24) is 10.2 Å². The van der Waals surface area contributed by atoms with Gasteiger partial charge in [-0.3, -0.25) is 9.89 Å². The molecule has 2 aromatic heterocycles. The molecule has 4 aromatic rings. The number of fused-ring (bicyclic) bond motifs is 1. The van der Waals surface area contributed by atoms with Gasteiger partial charge in [0, 0.05) is 11.1 Å². The van der Waals surface area contributed by atoms with Crippen molar-refractivity contribution < 1.29 is 4.79 Å². The molecule has 0 radical (unpaired) electrons. The van der Waals surface area contributed by atoms with Crippen LogP contribution in [-0.4, -0.2) is 16.1 Å². The number of hydrogen-bond donors (Lipinski definition) is 2. The zero-order valence-corrected chi connectivity index (χ0v) is 16.0. The molecule has 0 saturated carbocycles. The molecule has 2 aromatic carbocycles. The molecule has 0 fully saturated rings. The van der Waals surface area contributed by atoms with Gasteiger partial charge in [0.1, 0.15) is 0 Å². The summed E-state index contributed by atoms with van der Waals surface area (Å²) < 4.78 is 0.932. The fourth-order valence-corrected chi connectivity index (χ4v) is 3.94. The number of halogens is 1. The van der Waals surface area contributed by atoms with Crippen molar-refractivity contribution in [3.63, 3.8) is 0 Å². The number of H-pyrrole nitrogens is 1. The van der Waals surface area contributed by atoms with Gasteiger partial charge in [-0.1, -0.05) is 42.5 Å². The molecular weight excluding hydrogens is 410 g/mol. The molecule has 128 valence electrons. The minimum atomic E-state index is -0.119. The minimum Gasteiger partial charge on any atom is -0.321 e. The number of hydrogen-bond acceptors (Lipinski definition) is 3. The molecule has 1 amide bonds. The Hall–Kier alpha value is -2.70. The number of aromatic nitrogens is 2. The first-order valence-electron chi connectivity index (χ1n) is 7.97. The fraction of sp³-hybridized carbons (Fsp3) is 0. The lowest BCUT2D eigenvalue weighted by Gasteiger charge is -2.07. The van der Waals surface area contributed by atoms with E-state index in [1.54, 1.807) is 6.07 Å². The first-order valence-corrected chi connectivity index (χ1v) is 9.58. The zero-order chi connectivity index (χ0) is 17.9. The number of benzene rings is 2. The Morgan fingerprint density at radius 1 is 1.04 bits per heavy atom. The molecular formula is C20H14BrN3OS. The van der Waals surface area contributed by atoms with Crippen LogP contribution < -0.4 is 5.32 Å². The molecule has 0 spiro atoms. The van der Waals surface area contributed by atoms with E-state index >= 15 is 0 Å². The van der Waals surface area contributed by atoms with Crippen molar-refractivity contribution in [2.75, 3.05) is 5.32 Å². The summed E-state index contributed by atoms with van der Waals surface area (Å²) >= 11 is 4.79. The predicted molar refractivity (Wildman–Crippen MR) is 111 cm³/mol. The number of nitrogens with zero attached hydrogens (tertiary/aromatic N) is 1. The highest BCUT2D eigenvalue weighted by Gasteiger charge is 2.10. The molecule has 4 rings (SSSR count). The zero-order valence-electron chi connectivity index (χ0n) is 13.6. The highest BCUT2D eigenvalue weighted by molar-refractivity contribution is 9.11. The van der Waals surface area contributed by atoms with Gasteiger partial charge < -0.3 is 5.32 Å². The van der Waals surface area contributed by atoms with E-state index in [-0.39, 0.29) is 5.91 Å². The van der Waals surface area contributed by atoms with Crippen molar-refractivity contribution >= 4 is 61.9 Å². The number of aromatic amines is 1. The van der Waals surface area contributed by atoms with Crippen LogP contribution in [0, 0.1) is 0 Å². The first-order chi connectivity index (χ1) is 12.7. The second-order valence-electron chi connectivity index (χ2n) is 5.63. The standard InChI is InChI=1S/C20H14BrN3OS/c21-19-12-11-18(26-19)20(25)22-15-7-3-1-5-13(15)9-10-17-14-6-2-4-8-16(14)23-24-17/h1-12H,(H,22,25)(H,23,24). The number of nitrogens with one attached hydrogen (secondary N) is 2. The topological polar surface area (TPSA) is 57.8 Å². The Morgan fingerprint density at radius 2 is 1.85 bits per heavy atom. The third-order valence-electron chi connectivity index (χ3n) is 3.93. The summed E-state index contributed by atoms with van der Waals surface area (Å²) in [6.45, 7) is 0. The largest absolute Gasteiger partial charge is 0.321 e. The maximum absolute atomic E-state index is 12.4. The molecule has 0 aliphatic rings. The van der Waals surface area contributed by atoms with Gasteiger partial charge in [-0.25, -0.2) is 0 Å². The van der Waals surface area contributed by atoms with Crippen LogP contribution in [0.5, 0.6) is 0 Å². The average Bonchev–Trinajstić information content (AvgIpc) is 3.27. The van der Waals surface area contributed by atoms with E-state index in [2.05, 4.69) is 31.4 Å². The summed E-state index contributed by atoms with van der Waals surface area (Å²) in [4.78, 5) is 13.1. The number of para-hydroxylation sites is 2. The molecule has 4 nitrogen and oxygen atoms in total. The molecule has 2 heterocycles. The lowest BCUT2D eigenvalue weighted by atomic mass is 10.1. The van der Waals surface area contributed by atoms with E-state index in [1.165, 1.54) is 11.3 Å². The molecule has 0 atom stereocenters. The van der Waals surface area contributed by atoms with Gasteiger partial charge in [-0.15, -0.1) is 11.3 Å². The highest BCUT2D eigenvalue weighted by atomic mass is 79.9. The number of anilines is 1. The van der Waals surface area contributed by atoms with E-state index in [9.17, 15) is 4.79 Å². The molecule has 0 saturated heterocycles. The van der Waals surface area contributed by atoms with Crippen molar-refractivity contribution in [2.45, 2.75) is 0 Å². The highest BCUT2D eigenvalue weighted by Crippen LogP contribution is 2.25. The SMILES string of the molecule is O=C(Nc1ccccc1C=Cc1n[nH]c2ccccc12)c1ccc(Br)s1. The third-order valence-corrected chi connectivity index (χ3v) is 5.55. The van der Waals surface area contributed by atoms with Crippen LogP contribution in [0.4, 0.5) is 5.69 Å². The van der Waals surface area contributed by atoms with Crippen LogP contribution in [0.1, 0.15) is 20.9 Å². The van der Waals surface area contributed by atoms with Gasteiger partial charge >= 0.3 is 0 Å². The Balaban J connectivity index is 1.60. The van der Waals surface area contributed by atoms with Crippen LogP contribution in [0.25, 0.3) is 23.1 Å². The molecule has 0 aliphatic heterocycles. The van der Waals surface area contributed by atoms with E-state index < -0.39 is 0 Å². The van der Waals surface area contributed by atoms with Crippen molar-refractivity contribution in [2.24, 2.45) is 0 Å². The second-order valence-corrected chi connectivity index (χ2v) is 8.10. The second kappa shape index (κ2) is 7.27. The van der Waals surface area contributed by atoms with E-state index in [1.807, 2.05) is 66.7 Å². The van der Waals surface area contributed by atoms with Gasteiger partial charge in [-0.2, -0.15) is 5.10 Å². The Labute approximate surface area is 162 Å². The lowest BCUT2D eigenvalue weighted by Crippen LogP contribution is -2.10. The van der Waals surface area contributed by atoms with Crippen LogP contribution in [0.2, 0.25) is 0 Å². The summed E-state index contributed by atoms with van der Waals surface area (Å²) in [5, 5.41) is 11.4. The predicted octanol–water partition coefficient (Wildman–Crippen LogP) is 5.81. The smallest absolute Gasteiger partial charge is 0.265 e. The van der Waals surface area contributed by atoms with E-state index in [0.717, 1.165) is 31.6 Å². The number of rotatable bonds is 4. The summed E-state index contributed by atoms with van der Waals surface area (Å²) in [5.41, 5.74) is 3.54. The Morgan fingerprint density at radius 3 is 2.69 bits per heavy atom. The number of amides is 1. The molecule has 2 N–H and O–H groups in total. The lowest BCUT2D eigenvalue weighted by molar-refractivity contribution is 0.103. The maximum atomic E-state index is 12.4. The molecule has 0 unspecified atom stereocenters. The summed E-state index contributed by atoms with van der Waals surface area (Å²) in [6.07, 6.45) is 3.91. The van der Waals surface area contributed by atoms with E-state index in [4.69, 9.17) is 0 Å². The van der Waals surface area contributed by atoms with Crippen molar-refractivity contribution in [3.05, 3.63) is 80.6 Å². The van der Waals surface area contributed by atoms with Gasteiger partial charge in [-0.05, 0) is 51.8 Å². The number of carbonyl (C=O) groups excluding carboxylic acids is 1. The van der Waals surface area contributed by atoms with Crippen LogP contribution in [0.3, 0.4) is 0 Å². The number of thiophene rings is 1. The number of carbonyl (C=O) groups is 1. The molecule has 0 aliphatic carbocycles. The first kappa shape index (κ1) is 16.8. The normalized spacial score (nSPS) is 11.3. The third kappa shape index (κ3) is 3.47. The Bertz CT molecular complexity index is 1110. The van der Waals surface area contributed by atoms with Gasteiger partial charge in [0.15, 0.2) is 0 Å². The molecule has 6 heteroatoms. The monoisotopic (exact) mass is 423 g/mol. The van der Waals surface area contributed by atoms with Crippen LogP contribution >= 0.6 is 27.3 Å². The molecule has 26 heavy (non-hydrogen) atoms. The average molecular weight is 424 g/mol. The quantitative estimate of drug-likeness (QED) is 0.434. The van der Waals surface area contributed by atoms with Gasteiger partial charge in [0.05, 0.1) is 19.9 Å². The van der Waals surface area contributed by atoms with Crippen molar-refractivity contribution in [1.29, 1.82) is 0 Å². The summed E-state index contributed by atoms with van der Waals surface area (Å²) in [6, 6.07) is 19.4. The Kier molecular flexibility index (Phi) is 4.69. The van der Waals surface area contributed by atoms with Crippen molar-refractivity contribution in [3.8, 4) is 0 Å². The maximum Gasteiger partial charge on any atom is 0.265 e. The summed E-state index contributed by atoms with van der Waals surface area (Å²) in [7, 11) is 0. The summed E-state index contributed by atoms with van der Waals surface area (Å²) in [5.74, 6) is -0.119. The fourth-order valence-electron chi connectivity index (χ4n) is 2.66.